The first-order valence-electron chi connectivity index (χ1n) is 4.60. The number of rotatable bonds is 3. The summed E-state index contributed by atoms with van der Waals surface area (Å²) in [6, 6.07) is 5.36. The van der Waals surface area contributed by atoms with E-state index in [1.54, 1.807) is 19.1 Å². The lowest BCUT2D eigenvalue weighted by molar-refractivity contribution is 0.0525. The molecule has 0 aliphatic carbocycles. The van der Waals surface area contributed by atoms with E-state index in [2.05, 4.69) is 15.9 Å². The van der Waals surface area contributed by atoms with E-state index in [0.29, 0.717) is 10.0 Å². The second kappa shape index (κ2) is 5.88. The lowest BCUT2D eigenvalue weighted by Gasteiger charge is -2.09. The summed E-state index contributed by atoms with van der Waals surface area (Å²) in [5.74, 6) is -0.355. The zero-order chi connectivity index (χ0) is 12.1. The maximum atomic E-state index is 11.7. The average Bonchev–Trinajstić information content (AvgIpc) is 2.28. The van der Waals surface area contributed by atoms with E-state index in [4.69, 9.17) is 21.6 Å². The number of nitrogens with zero attached hydrogens (tertiary/aromatic N) is 1. The van der Waals surface area contributed by atoms with E-state index in [1.807, 2.05) is 6.07 Å². The molecule has 1 aromatic rings. The topological polar surface area (TPSA) is 50.1 Å². The van der Waals surface area contributed by atoms with Gasteiger partial charge in [0.25, 0.3) is 0 Å². The van der Waals surface area contributed by atoms with Gasteiger partial charge >= 0.3 is 5.97 Å². The van der Waals surface area contributed by atoms with Gasteiger partial charge in [0.15, 0.2) is 0 Å². The van der Waals surface area contributed by atoms with Gasteiger partial charge in [-0.3, -0.25) is 0 Å². The summed E-state index contributed by atoms with van der Waals surface area (Å²) in [5.41, 5.74) is 1.10. The second-order valence-electron chi connectivity index (χ2n) is 2.92. The fraction of sp³-hybridized carbons (Fsp3) is 0.273. The molecule has 84 valence electrons. The van der Waals surface area contributed by atoms with Crippen molar-refractivity contribution in [2.24, 2.45) is 0 Å². The molecule has 0 bridgehead atoms. The predicted octanol–water partition coefficient (Wildman–Crippen LogP) is 3.24. The predicted molar refractivity (Wildman–Crippen MR) is 64.4 cm³/mol. The highest BCUT2D eigenvalue weighted by atomic mass is 79.9. The fourth-order valence-corrected chi connectivity index (χ4v) is 1.92. The highest BCUT2D eigenvalue weighted by Gasteiger charge is 2.19. The summed E-state index contributed by atoms with van der Waals surface area (Å²) in [5, 5.41) is 9.01. The van der Waals surface area contributed by atoms with Crippen molar-refractivity contribution in [3.63, 3.8) is 0 Å². The van der Waals surface area contributed by atoms with Crippen LogP contribution in [0.2, 0.25) is 0 Å². The van der Waals surface area contributed by atoms with Gasteiger partial charge in [0.2, 0.25) is 0 Å². The van der Waals surface area contributed by atoms with Crippen LogP contribution in [0, 0.1) is 11.3 Å². The second-order valence-corrected chi connectivity index (χ2v) is 4.04. The third kappa shape index (κ3) is 2.55. The van der Waals surface area contributed by atoms with Gasteiger partial charge in [-0.15, -0.1) is 11.6 Å². The maximum Gasteiger partial charge on any atom is 0.339 e. The number of hydrogen-bond donors (Lipinski definition) is 0. The molecule has 0 fully saturated rings. The van der Waals surface area contributed by atoms with Crippen LogP contribution in [0.4, 0.5) is 0 Å². The van der Waals surface area contributed by atoms with E-state index in [1.165, 1.54) is 0 Å². The zero-order valence-electron chi connectivity index (χ0n) is 8.59. The molecule has 1 rings (SSSR count). The number of esters is 1. The van der Waals surface area contributed by atoms with Crippen LogP contribution in [0.5, 0.6) is 0 Å². The molecule has 0 saturated heterocycles. The first-order chi connectivity index (χ1) is 7.65. The van der Waals surface area contributed by atoms with Crippen LogP contribution in [0.3, 0.4) is 0 Å². The Morgan fingerprint density at radius 2 is 2.31 bits per heavy atom. The van der Waals surface area contributed by atoms with E-state index < -0.39 is 5.97 Å². The van der Waals surface area contributed by atoms with Crippen LogP contribution in [-0.2, 0) is 10.6 Å². The summed E-state index contributed by atoms with van der Waals surface area (Å²) < 4.78 is 5.46. The number of nitriles is 1. The quantitative estimate of drug-likeness (QED) is 0.636. The standard InChI is InChI=1S/C11H9BrClNO2/c1-2-16-11(15)10-7(5-13)3-4-9(12)8(10)6-14/h3-4H,2,5H2,1H3. The van der Waals surface area contributed by atoms with Gasteiger partial charge in [-0.2, -0.15) is 5.26 Å². The van der Waals surface area contributed by atoms with E-state index in [-0.39, 0.29) is 23.6 Å². The van der Waals surface area contributed by atoms with Crippen molar-refractivity contribution in [2.75, 3.05) is 6.61 Å². The summed E-state index contributed by atoms with van der Waals surface area (Å²) in [6.45, 7) is 1.97. The van der Waals surface area contributed by atoms with Crippen molar-refractivity contribution in [3.8, 4) is 6.07 Å². The molecule has 0 spiro atoms. The lowest BCUT2D eigenvalue weighted by atomic mass is 10.0. The van der Waals surface area contributed by atoms with Crippen molar-refractivity contribution in [3.05, 3.63) is 33.3 Å². The molecule has 1 aromatic carbocycles. The smallest absolute Gasteiger partial charge is 0.339 e. The van der Waals surface area contributed by atoms with Gasteiger partial charge in [0.05, 0.1) is 17.7 Å². The molecule has 0 heterocycles. The Morgan fingerprint density at radius 1 is 1.62 bits per heavy atom. The number of alkyl halides is 1. The minimum atomic E-state index is -0.518. The van der Waals surface area contributed by atoms with E-state index in [9.17, 15) is 4.79 Å². The molecule has 16 heavy (non-hydrogen) atoms. The highest BCUT2D eigenvalue weighted by molar-refractivity contribution is 9.10. The van der Waals surface area contributed by atoms with Crippen molar-refractivity contribution in [2.45, 2.75) is 12.8 Å². The van der Waals surface area contributed by atoms with Crippen molar-refractivity contribution in [1.29, 1.82) is 5.26 Å². The van der Waals surface area contributed by atoms with Crippen LogP contribution in [0.25, 0.3) is 0 Å². The molecule has 5 heteroatoms. The molecular formula is C11H9BrClNO2. The first kappa shape index (κ1) is 13.0. The molecule has 0 radical (unpaired) electrons. The zero-order valence-corrected chi connectivity index (χ0v) is 10.9. The molecule has 0 amide bonds. The molecule has 0 saturated carbocycles. The third-order valence-corrected chi connectivity index (χ3v) is 2.92. The Bertz CT molecular complexity index is 454. The Hall–Kier alpha value is -1.05. The van der Waals surface area contributed by atoms with Crippen molar-refractivity contribution < 1.29 is 9.53 Å². The average molecular weight is 303 g/mol. The molecule has 0 aliphatic rings. The number of benzene rings is 1. The van der Waals surface area contributed by atoms with Crippen molar-refractivity contribution in [1.82, 2.24) is 0 Å². The van der Waals surface area contributed by atoms with Gasteiger partial charge < -0.3 is 4.74 Å². The fourth-order valence-electron chi connectivity index (χ4n) is 1.28. The number of carbonyl (C=O) groups is 1. The Morgan fingerprint density at radius 3 is 2.81 bits per heavy atom. The van der Waals surface area contributed by atoms with Crippen LogP contribution >= 0.6 is 27.5 Å². The number of carbonyl (C=O) groups excluding carboxylic acids is 1. The molecular weight excluding hydrogens is 293 g/mol. The summed E-state index contributed by atoms with van der Waals surface area (Å²) in [4.78, 5) is 11.7. The van der Waals surface area contributed by atoms with Crippen LogP contribution in [-0.4, -0.2) is 12.6 Å². The maximum absolute atomic E-state index is 11.7. The normalized spacial score (nSPS) is 9.62. The number of hydrogen-bond acceptors (Lipinski definition) is 3. The molecule has 0 N–H and O–H groups in total. The van der Waals surface area contributed by atoms with Crippen molar-refractivity contribution >= 4 is 33.5 Å². The Balaban J connectivity index is 3.37. The summed E-state index contributed by atoms with van der Waals surface area (Å²) in [7, 11) is 0. The van der Waals surface area contributed by atoms with Crippen LogP contribution in [0.15, 0.2) is 16.6 Å². The highest BCUT2D eigenvalue weighted by Crippen LogP contribution is 2.25. The van der Waals surface area contributed by atoms with Crippen LogP contribution in [0.1, 0.15) is 28.4 Å². The molecule has 0 unspecified atom stereocenters. The molecule has 3 nitrogen and oxygen atoms in total. The molecule has 0 aromatic heterocycles. The molecule has 0 atom stereocenters. The van der Waals surface area contributed by atoms with Gasteiger partial charge in [-0.05, 0) is 34.5 Å². The minimum absolute atomic E-state index is 0.163. The SMILES string of the molecule is CCOC(=O)c1c(CCl)ccc(Br)c1C#N. The van der Waals surface area contributed by atoms with Crippen LogP contribution < -0.4 is 0 Å². The largest absolute Gasteiger partial charge is 0.462 e. The van der Waals surface area contributed by atoms with E-state index >= 15 is 0 Å². The minimum Gasteiger partial charge on any atom is -0.462 e. The lowest BCUT2D eigenvalue weighted by Crippen LogP contribution is -2.10. The van der Waals surface area contributed by atoms with Gasteiger partial charge in [0, 0.05) is 10.4 Å². The number of ether oxygens (including phenoxy) is 1. The Kier molecular flexibility index (Phi) is 4.78. The summed E-state index contributed by atoms with van der Waals surface area (Å²) >= 11 is 8.94. The monoisotopic (exact) mass is 301 g/mol. The van der Waals surface area contributed by atoms with Gasteiger partial charge in [-0.1, -0.05) is 6.07 Å². The van der Waals surface area contributed by atoms with Gasteiger partial charge in [-0.25, -0.2) is 4.79 Å². The third-order valence-electron chi connectivity index (χ3n) is 1.98. The first-order valence-corrected chi connectivity index (χ1v) is 5.93. The molecule has 0 aliphatic heterocycles. The Labute approximate surface area is 107 Å². The van der Waals surface area contributed by atoms with E-state index in [0.717, 1.165) is 0 Å². The summed E-state index contributed by atoms with van der Waals surface area (Å²) in [6.07, 6.45) is 0. The number of halogens is 2. The van der Waals surface area contributed by atoms with Gasteiger partial charge in [0.1, 0.15) is 6.07 Å².